The van der Waals surface area contributed by atoms with Crippen molar-refractivity contribution in [2.75, 3.05) is 85.1 Å². The van der Waals surface area contributed by atoms with Gasteiger partial charge in [-0.05, 0) is 39.7 Å². The Hall–Kier alpha value is -2.90. The summed E-state index contributed by atoms with van der Waals surface area (Å²) in [6.07, 6.45) is 4.76. The van der Waals surface area contributed by atoms with Crippen molar-refractivity contribution in [2.24, 2.45) is 0 Å². The van der Waals surface area contributed by atoms with Crippen LogP contribution in [0, 0.1) is 0 Å². The molecule has 0 bridgehead atoms. The van der Waals surface area contributed by atoms with E-state index in [-0.39, 0.29) is 41.6 Å². The minimum Gasteiger partial charge on any atom is -0.356 e. The van der Waals surface area contributed by atoms with Crippen LogP contribution < -0.4 is 21.3 Å². The summed E-state index contributed by atoms with van der Waals surface area (Å²) in [7, 11) is 0. The van der Waals surface area contributed by atoms with E-state index in [0.717, 1.165) is 25.8 Å². The van der Waals surface area contributed by atoms with E-state index in [1.165, 1.54) is 6.92 Å². The topological polar surface area (TPSA) is 160 Å². The SMILES string of the molecule is CCCNC(=O)CCN(CCNC(=O)CCN(CCNC(=O)CCN(CCC)CCC(C)=O)CCC(C)=O)CCC(=O)NCCC. The van der Waals surface area contributed by atoms with Crippen molar-refractivity contribution in [1.82, 2.24) is 36.0 Å². The van der Waals surface area contributed by atoms with Crippen LogP contribution in [-0.2, 0) is 28.8 Å². The first-order valence-corrected chi connectivity index (χ1v) is 17.2. The molecular weight excluding hydrogens is 590 g/mol. The third-order valence-electron chi connectivity index (χ3n) is 7.37. The first-order chi connectivity index (χ1) is 22.0. The number of hydrogen-bond donors (Lipinski definition) is 4. The van der Waals surface area contributed by atoms with E-state index in [1.807, 2.05) is 23.6 Å². The standard InChI is InChI=1S/C33H63N7O6/c1-6-15-34-30(43)12-24-40(25-13-31(44)35-16-7-2)27-18-37-33(46)14-23-39(21-10-29(5)42)26-17-36-32(45)11-22-38(19-8-3)20-9-28(4)41/h6-27H2,1-5H3,(H,34,43)(H,35,44)(H,36,45)(H,37,46). The van der Waals surface area contributed by atoms with Crippen LogP contribution >= 0.6 is 0 Å². The zero-order valence-electron chi connectivity index (χ0n) is 29.3. The molecule has 0 atom stereocenters. The molecule has 0 aromatic carbocycles. The average Bonchev–Trinajstić information content (AvgIpc) is 3.01. The summed E-state index contributed by atoms with van der Waals surface area (Å²) in [5.74, 6) is -0.0539. The number of rotatable bonds is 30. The van der Waals surface area contributed by atoms with Crippen LogP contribution in [0.15, 0.2) is 0 Å². The molecule has 0 aliphatic rings. The van der Waals surface area contributed by atoms with Gasteiger partial charge in [0.2, 0.25) is 23.6 Å². The smallest absolute Gasteiger partial charge is 0.221 e. The maximum Gasteiger partial charge on any atom is 0.221 e. The van der Waals surface area contributed by atoms with Crippen LogP contribution in [0.5, 0.6) is 0 Å². The fraction of sp³-hybridized carbons (Fsp3) is 0.818. The second-order valence-corrected chi connectivity index (χ2v) is 11.8. The molecule has 4 amide bonds. The first kappa shape index (κ1) is 43.1. The predicted molar refractivity (Wildman–Crippen MR) is 181 cm³/mol. The van der Waals surface area contributed by atoms with Crippen molar-refractivity contribution < 1.29 is 28.8 Å². The van der Waals surface area contributed by atoms with Gasteiger partial charge >= 0.3 is 0 Å². The van der Waals surface area contributed by atoms with Crippen LogP contribution in [0.25, 0.3) is 0 Å². The molecule has 0 heterocycles. The highest BCUT2D eigenvalue weighted by Crippen LogP contribution is 2.00. The molecule has 0 unspecified atom stereocenters. The maximum absolute atomic E-state index is 12.7. The van der Waals surface area contributed by atoms with E-state index in [0.29, 0.717) is 111 Å². The molecule has 0 saturated heterocycles. The molecule has 0 radical (unpaired) electrons. The Morgan fingerprint density at radius 1 is 0.370 bits per heavy atom. The molecule has 0 fully saturated rings. The predicted octanol–water partition coefficient (Wildman–Crippen LogP) is 1.11. The largest absolute Gasteiger partial charge is 0.356 e. The maximum atomic E-state index is 12.7. The molecule has 0 aliphatic carbocycles. The molecule has 0 saturated carbocycles. The van der Waals surface area contributed by atoms with Crippen LogP contribution in [0.3, 0.4) is 0 Å². The lowest BCUT2D eigenvalue weighted by Gasteiger charge is -2.23. The van der Waals surface area contributed by atoms with Crippen molar-refractivity contribution in [3.05, 3.63) is 0 Å². The van der Waals surface area contributed by atoms with E-state index in [9.17, 15) is 28.8 Å². The minimum atomic E-state index is -0.125. The summed E-state index contributed by atoms with van der Waals surface area (Å²) < 4.78 is 0. The third-order valence-corrected chi connectivity index (χ3v) is 7.37. The highest BCUT2D eigenvalue weighted by atomic mass is 16.2. The van der Waals surface area contributed by atoms with Crippen molar-refractivity contribution >= 4 is 35.2 Å². The Morgan fingerprint density at radius 3 is 0.935 bits per heavy atom. The van der Waals surface area contributed by atoms with Gasteiger partial charge in [0, 0.05) is 117 Å². The molecule has 0 aliphatic heterocycles. The van der Waals surface area contributed by atoms with Gasteiger partial charge < -0.3 is 36.0 Å². The summed E-state index contributed by atoms with van der Waals surface area (Å²) >= 11 is 0. The zero-order chi connectivity index (χ0) is 34.6. The van der Waals surface area contributed by atoms with Gasteiger partial charge in [0.15, 0.2) is 0 Å². The van der Waals surface area contributed by atoms with Gasteiger partial charge in [-0.1, -0.05) is 20.8 Å². The van der Waals surface area contributed by atoms with Gasteiger partial charge in [0.25, 0.3) is 0 Å². The van der Waals surface area contributed by atoms with Gasteiger partial charge in [0.05, 0.1) is 0 Å². The normalized spacial score (nSPS) is 11.1. The zero-order valence-corrected chi connectivity index (χ0v) is 29.3. The Labute approximate surface area is 277 Å². The summed E-state index contributed by atoms with van der Waals surface area (Å²) in [6.45, 7) is 16.3. The highest BCUT2D eigenvalue weighted by molar-refractivity contribution is 5.78. The number of nitrogens with one attached hydrogen (secondary N) is 4. The molecular formula is C33H63N7O6. The van der Waals surface area contributed by atoms with Crippen molar-refractivity contribution in [3.8, 4) is 0 Å². The van der Waals surface area contributed by atoms with Gasteiger partial charge in [-0.3, -0.25) is 28.8 Å². The lowest BCUT2D eigenvalue weighted by atomic mass is 10.2. The third kappa shape index (κ3) is 26.3. The highest BCUT2D eigenvalue weighted by Gasteiger charge is 2.14. The molecule has 4 N–H and O–H groups in total. The van der Waals surface area contributed by atoms with Crippen molar-refractivity contribution in [1.29, 1.82) is 0 Å². The number of hydrogen-bond acceptors (Lipinski definition) is 9. The summed E-state index contributed by atoms with van der Waals surface area (Å²) in [5.41, 5.74) is 0. The Balaban J connectivity index is 4.73. The van der Waals surface area contributed by atoms with E-state index < -0.39 is 0 Å². The van der Waals surface area contributed by atoms with Crippen molar-refractivity contribution in [3.63, 3.8) is 0 Å². The summed E-state index contributed by atoms with van der Waals surface area (Å²) in [4.78, 5) is 78.4. The molecule has 13 nitrogen and oxygen atoms in total. The molecule has 46 heavy (non-hydrogen) atoms. The number of carbonyl (C=O) groups is 6. The summed E-state index contributed by atoms with van der Waals surface area (Å²) in [5, 5.41) is 11.6. The lowest BCUT2D eigenvalue weighted by molar-refractivity contribution is -0.123. The molecule has 13 heteroatoms. The molecule has 0 aromatic rings. The van der Waals surface area contributed by atoms with E-state index >= 15 is 0 Å². The molecule has 0 spiro atoms. The Kier molecular flexibility index (Phi) is 26.5. The van der Waals surface area contributed by atoms with Crippen molar-refractivity contribution in [2.45, 2.75) is 92.4 Å². The second-order valence-electron chi connectivity index (χ2n) is 11.8. The van der Waals surface area contributed by atoms with Crippen LogP contribution in [0.4, 0.5) is 0 Å². The fourth-order valence-electron chi connectivity index (χ4n) is 4.58. The number of carbonyl (C=O) groups excluding carboxylic acids is 6. The van der Waals surface area contributed by atoms with E-state index in [1.54, 1.807) is 6.92 Å². The van der Waals surface area contributed by atoms with Gasteiger partial charge in [-0.25, -0.2) is 0 Å². The van der Waals surface area contributed by atoms with Gasteiger partial charge in [-0.15, -0.1) is 0 Å². The second kappa shape index (κ2) is 28.3. The fourth-order valence-corrected chi connectivity index (χ4v) is 4.58. The van der Waals surface area contributed by atoms with Crippen LogP contribution in [0.2, 0.25) is 0 Å². The Bertz CT molecular complexity index is 878. The number of nitrogens with zero attached hydrogens (tertiary/aromatic N) is 3. The van der Waals surface area contributed by atoms with Crippen LogP contribution in [0.1, 0.15) is 92.4 Å². The number of Topliss-reactive ketones (excluding diaryl/α,β-unsaturated/α-hetero) is 2. The van der Waals surface area contributed by atoms with Crippen LogP contribution in [-0.4, -0.2) is 135 Å². The van der Waals surface area contributed by atoms with Gasteiger partial charge in [0.1, 0.15) is 11.6 Å². The first-order valence-electron chi connectivity index (χ1n) is 17.2. The van der Waals surface area contributed by atoms with E-state index in [4.69, 9.17) is 0 Å². The number of amides is 4. The van der Waals surface area contributed by atoms with E-state index in [2.05, 4.69) is 33.1 Å². The van der Waals surface area contributed by atoms with Gasteiger partial charge in [-0.2, -0.15) is 0 Å². The Morgan fingerprint density at radius 2 is 0.652 bits per heavy atom. The lowest BCUT2D eigenvalue weighted by Crippen LogP contribution is -2.41. The molecule has 266 valence electrons. The number of ketones is 2. The molecule has 0 aromatic heterocycles. The molecule has 0 rings (SSSR count). The average molecular weight is 654 g/mol. The quantitative estimate of drug-likeness (QED) is 0.0891. The minimum absolute atomic E-state index is 0.0312. The monoisotopic (exact) mass is 653 g/mol. The summed E-state index contributed by atoms with van der Waals surface area (Å²) in [6, 6.07) is 0.